The van der Waals surface area contributed by atoms with Gasteiger partial charge in [-0.05, 0) is 32.1 Å². The van der Waals surface area contributed by atoms with Crippen molar-refractivity contribution in [2.75, 3.05) is 26.3 Å². The summed E-state index contributed by atoms with van der Waals surface area (Å²) in [7, 11) is 0. The van der Waals surface area contributed by atoms with Crippen LogP contribution < -0.4 is 10.6 Å². The van der Waals surface area contributed by atoms with Crippen LogP contribution in [0.1, 0.15) is 37.9 Å². The Morgan fingerprint density at radius 3 is 2.86 bits per heavy atom. The molecule has 1 saturated carbocycles. The van der Waals surface area contributed by atoms with Gasteiger partial charge in [0.05, 0.1) is 0 Å². The number of guanidine groups is 1. The molecule has 1 heterocycles. The van der Waals surface area contributed by atoms with Crippen molar-refractivity contribution in [3.63, 3.8) is 0 Å². The first-order valence-corrected chi connectivity index (χ1v) is 7.67. The summed E-state index contributed by atoms with van der Waals surface area (Å²) in [6.07, 6.45) is 3.65. The van der Waals surface area contributed by atoms with Gasteiger partial charge in [0, 0.05) is 33.2 Å². The number of nitrogens with zero attached hydrogens (tertiary/aromatic N) is 3. The van der Waals surface area contributed by atoms with Gasteiger partial charge in [-0.15, -0.1) is 24.0 Å². The van der Waals surface area contributed by atoms with Crippen LogP contribution in [0, 0.1) is 12.8 Å². The summed E-state index contributed by atoms with van der Waals surface area (Å²) in [6.45, 7) is 7.58. The van der Waals surface area contributed by atoms with Crippen LogP contribution >= 0.6 is 24.0 Å². The summed E-state index contributed by atoms with van der Waals surface area (Å²) in [5, 5.41) is 10.3. The van der Waals surface area contributed by atoms with Crippen LogP contribution in [-0.2, 0) is 11.3 Å². The van der Waals surface area contributed by atoms with Crippen LogP contribution in [0.3, 0.4) is 0 Å². The molecule has 0 aromatic carbocycles. The zero-order valence-corrected chi connectivity index (χ0v) is 15.6. The minimum absolute atomic E-state index is 0. The molecular formula is C14H26IN5O2. The second-order valence-electron chi connectivity index (χ2n) is 5.22. The summed E-state index contributed by atoms with van der Waals surface area (Å²) in [6, 6.07) is 0. The zero-order valence-electron chi connectivity index (χ0n) is 13.3. The first kappa shape index (κ1) is 19.1. The Morgan fingerprint density at radius 2 is 2.23 bits per heavy atom. The monoisotopic (exact) mass is 423 g/mol. The highest BCUT2D eigenvalue weighted by Gasteiger charge is 2.20. The van der Waals surface area contributed by atoms with E-state index in [9.17, 15) is 0 Å². The lowest BCUT2D eigenvalue weighted by atomic mass is 10.4. The molecule has 0 radical (unpaired) electrons. The maximum Gasteiger partial charge on any atom is 0.223 e. The van der Waals surface area contributed by atoms with E-state index < -0.39 is 0 Å². The van der Waals surface area contributed by atoms with Gasteiger partial charge in [0.2, 0.25) is 5.89 Å². The van der Waals surface area contributed by atoms with Gasteiger partial charge < -0.3 is 19.9 Å². The summed E-state index contributed by atoms with van der Waals surface area (Å²) in [5.74, 6) is 2.75. The second kappa shape index (κ2) is 10.8. The minimum Gasteiger partial charge on any atom is -0.381 e. The summed E-state index contributed by atoms with van der Waals surface area (Å²) in [4.78, 5) is 8.55. The third-order valence-corrected chi connectivity index (χ3v) is 3.10. The van der Waals surface area contributed by atoms with Gasteiger partial charge in [-0.1, -0.05) is 5.16 Å². The van der Waals surface area contributed by atoms with E-state index in [-0.39, 0.29) is 24.0 Å². The lowest BCUT2D eigenvalue weighted by molar-refractivity contribution is 0.123. The molecule has 2 N–H and O–H groups in total. The number of aliphatic imine (C=N–C) groups is 1. The lowest BCUT2D eigenvalue weighted by Gasteiger charge is -2.10. The molecular weight excluding hydrogens is 397 g/mol. The van der Waals surface area contributed by atoms with Gasteiger partial charge in [0.25, 0.3) is 0 Å². The topological polar surface area (TPSA) is 84.6 Å². The largest absolute Gasteiger partial charge is 0.381 e. The van der Waals surface area contributed by atoms with Gasteiger partial charge in [-0.25, -0.2) is 4.99 Å². The van der Waals surface area contributed by atoms with Gasteiger partial charge >= 0.3 is 0 Å². The molecule has 22 heavy (non-hydrogen) atoms. The normalized spacial score (nSPS) is 14.5. The number of aromatic nitrogens is 2. The molecule has 0 atom stereocenters. The molecule has 1 fully saturated rings. The molecule has 126 valence electrons. The average Bonchev–Trinajstić information content (AvgIpc) is 3.21. The molecule has 2 rings (SSSR count). The molecule has 1 aliphatic rings. The van der Waals surface area contributed by atoms with E-state index in [0.29, 0.717) is 18.3 Å². The predicted molar refractivity (Wildman–Crippen MR) is 95.4 cm³/mol. The fourth-order valence-corrected chi connectivity index (χ4v) is 1.81. The third-order valence-electron chi connectivity index (χ3n) is 3.10. The maximum atomic E-state index is 5.60. The van der Waals surface area contributed by atoms with Crippen molar-refractivity contribution >= 4 is 29.9 Å². The Balaban J connectivity index is 0.00000242. The van der Waals surface area contributed by atoms with Crippen molar-refractivity contribution in [1.82, 2.24) is 20.8 Å². The molecule has 0 unspecified atom stereocenters. The molecule has 0 aliphatic heterocycles. The van der Waals surface area contributed by atoms with Crippen molar-refractivity contribution in [1.29, 1.82) is 0 Å². The Hall–Kier alpha value is -0.900. The van der Waals surface area contributed by atoms with Crippen molar-refractivity contribution in [3.05, 3.63) is 11.7 Å². The van der Waals surface area contributed by atoms with Crippen LogP contribution in [0.15, 0.2) is 9.52 Å². The Morgan fingerprint density at radius 1 is 1.41 bits per heavy atom. The van der Waals surface area contributed by atoms with E-state index in [2.05, 4.69) is 25.8 Å². The van der Waals surface area contributed by atoms with E-state index >= 15 is 0 Å². The zero-order chi connectivity index (χ0) is 14.9. The van der Waals surface area contributed by atoms with E-state index in [1.807, 2.05) is 6.92 Å². The van der Waals surface area contributed by atoms with Gasteiger partial charge in [0.1, 0.15) is 6.54 Å². The van der Waals surface area contributed by atoms with E-state index in [1.165, 1.54) is 12.8 Å². The number of rotatable bonds is 9. The highest BCUT2D eigenvalue weighted by molar-refractivity contribution is 14.0. The number of aryl methyl sites for hydroxylation is 1. The van der Waals surface area contributed by atoms with Crippen LogP contribution in [-0.4, -0.2) is 42.4 Å². The Kier molecular flexibility index (Phi) is 9.37. The van der Waals surface area contributed by atoms with Crippen molar-refractivity contribution in [2.45, 2.75) is 39.7 Å². The van der Waals surface area contributed by atoms with Gasteiger partial charge in [-0.2, -0.15) is 4.98 Å². The van der Waals surface area contributed by atoms with Crippen LogP contribution in [0.2, 0.25) is 0 Å². The smallest absolute Gasteiger partial charge is 0.223 e. The summed E-state index contributed by atoms with van der Waals surface area (Å²) in [5.41, 5.74) is 0. The molecule has 1 aliphatic carbocycles. The molecule has 0 amide bonds. The number of nitrogens with one attached hydrogen (secondary N) is 2. The molecule has 0 bridgehead atoms. The van der Waals surface area contributed by atoms with Crippen molar-refractivity contribution in [3.8, 4) is 0 Å². The van der Waals surface area contributed by atoms with Gasteiger partial charge in [0.15, 0.2) is 11.8 Å². The van der Waals surface area contributed by atoms with Crippen molar-refractivity contribution in [2.24, 2.45) is 10.9 Å². The van der Waals surface area contributed by atoms with Gasteiger partial charge in [-0.3, -0.25) is 0 Å². The van der Waals surface area contributed by atoms with Crippen LogP contribution in [0.4, 0.5) is 0 Å². The highest BCUT2D eigenvalue weighted by atomic mass is 127. The minimum atomic E-state index is 0. The number of ether oxygens (including phenoxy) is 1. The third kappa shape index (κ3) is 7.92. The lowest BCUT2D eigenvalue weighted by Crippen LogP contribution is -2.38. The summed E-state index contributed by atoms with van der Waals surface area (Å²) < 4.78 is 10.5. The Bertz CT molecular complexity index is 448. The Labute approximate surface area is 148 Å². The highest BCUT2D eigenvalue weighted by Crippen LogP contribution is 2.28. The molecule has 1 aromatic heterocycles. The van der Waals surface area contributed by atoms with E-state index in [1.54, 1.807) is 6.92 Å². The molecule has 0 saturated heterocycles. The quantitative estimate of drug-likeness (QED) is 0.273. The van der Waals surface area contributed by atoms with E-state index in [0.717, 1.165) is 44.6 Å². The predicted octanol–water partition coefficient (Wildman–Crippen LogP) is 1.87. The SMILES string of the molecule is CCNC(=NCc1noc(C)n1)NCCCOCC1CC1.I. The fourth-order valence-electron chi connectivity index (χ4n) is 1.81. The molecule has 7 nitrogen and oxygen atoms in total. The molecule has 8 heteroatoms. The first-order valence-electron chi connectivity index (χ1n) is 7.67. The number of hydrogen-bond donors (Lipinski definition) is 2. The van der Waals surface area contributed by atoms with Crippen molar-refractivity contribution < 1.29 is 9.26 Å². The van der Waals surface area contributed by atoms with Crippen LogP contribution in [0.25, 0.3) is 0 Å². The fraction of sp³-hybridized carbons (Fsp3) is 0.786. The molecule has 0 spiro atoms. The average molecular weight is 423 g/mol. The first-order chi connectivity index (χ1) is 10.3. The standard InChI is InChI=1S/C14H25N5O2.HI/c1-3-15-14(17-9-13-18-11(2)21-19-13)16-7-4-8-20-10-12-5-6-12;/h12H,3-10H2,1-2H3,(H2,15,16,17);1H. The second-order valence-corrected chi connectivity index (χ2v) is 5.22. The number of hydrogen-bond acceptors (Lipinski definition) is 5. The molecule has 1 aromatic rings. The van der Waals surface area contributed by atoms with E-state index in [4.69, 9.17) is 9.26 Å². The summed E-state index contributed by atoms with van der Waals surface area (Å²) >= 11 is 0. The maximum absolute atomic E-state index is 5.60. The number of halogens is 1. The van der Waals surface area contributed by atoms with Crippen LogP contribution in [0.5, 0.6) is 0 Å².